The fraction of sp³-hybridized carbons (Fsp3) is 0.464. The number of anilines is 1. The lowest BCUT2D eigenvalue weighted by Crippen LogP contribution is -2.50. The van der Waals surface area contributed by atoms with Crippen molar-refractivity contribution in [1.29, 1.82) is 0 Å². The normalized spacial score (nSPS) is 22.5. The number of H-pyrrole nitrogens is 1. The number of carbonyl (C=O) groups excluding carboxylic acids is 2. The van der Waals surface area contributed by atoms with Crippen molar-refractivity contribution >= 4 is 40.3 Å². The monoisotopic (exact) mass is 586 g/mol. The zero-order valence-electron chi connectivity index (χ0n) is 22.9. The summed E-state index contributed by atoms with van der Waals surface area (Å²) in [4.78, 5) is 37.6. The number of aromatic amines is 1. The lowest BCUT2D eigenvalue weighted by molar-refractivity contribution is -0.135. The van der Waals surface area contributed by atoms with E-state index in [1.54, 1.807) is 6.08 Å². The summed E-state index contributed by atoms with van der Waals surface area (Å²) in [7, 11) is 3.67. The molecule has 1 aliphatic carbocycles. The topological polar surface area (TPSA) is 119 Å². The first-order chi connectivity index (χ1) is 19.6. The average Bonchev–Trinajstić information content (AvgIpc) is 3.50. The van der Waals surface area contributed by atoms with Gasteiger partial charge in [-0.15, -0.1) is 0 Å². The third kappa shape index (κ3) is 6.82. The van der Waals surface area contributed by atoms with E-state index >= 15 is 0 Å². The predicted octanol–water partition coefficient (Wildman–Crippen LogP) is 3.87. The van der Waals surface area contributed by atoms with E-state index in [2.05, 4.69) is 30.8 Å². The van der Waals surface area contributed by atoms with Crippen LogP contribution < -0.4 is 10.6 Å². The highest BCUT2D eigenvalue weighted by Gasteiger charge is 2.49. The van der Waals surface area contributed by atoms with Crippen LogP contribution in [0.4, 0.5) is 14.7 Å². The standard InChI is InChI=1S/C28H33ClF2N8O2/c1-38(2)12-6-11-23(40)39-16-28(30,31)14-22(39)26(41)33-17-7-5-8-18(13-17)34-27-32-15-20(29)25(35-27)24-19-9-3-4-10-21(19)36-37-24/h3-4,6,9-11,15,17-18,22H,5,7-8,12-14,16H2,1-2H3,(H,33,41)(H,36,37)(H,32,34,35)/b11-6+/t17-,18+,22-/m0/s1. The lowest BCUT2D eigenvalue weighted by Gasteiger charge is -2.32. The van der Waals surface area contributed by atoms with Crippen LogP contribution in [0.15, 0.2) is 42.6 Å². The molecule has 1 aromatic carbocycles. The second-order valence-electron chi connectivity index (χ2n) is 10.9. The summed E-state index contributed by atoms with van der Waals surface area (Å²) in [5.74, 6) is -3.89. The third-order valence-electron chi connectivity index (χ3n) is 7.38. The van der Waals surface area contributed by atoms with Gasteiger partial charge in [-0.05, 0) is 45.8 Å². The van der Waals surface area contributed by atoms with Gasteiger partial charge in [0.15, 0.2) is 0 Å². The molecule has 3 atom stereocenters. The Morgan fingerprint density at radius 3 is 2.80 bits per heavy atom. The molecule has 1 saturated heterocycles. The highest BCUT2D eigenvalue weighted by molar-refractivity contribution is 6.33. The van der Waals surface area contributed by atoms with Crippen molar-refractivity contribution in [2.24, 2.45) is 0 Å². The number of alkyl halides is 2. The molecule has 2 aromatic heterocycles. The van der Waals surface area contributed by atoms with Crippen molar-refractivity contribution in [2.75, 3.05) is 32.5 Å². The number of rotatable bonds is 8. The minimum absolute atomic E-state index is 0.0595. The number of hydrogen-bond acceptors (Lipinski definition) is 7. The van der Waals surface area contributed by atoms with Gasteiger partial charge in [-0.25, -0.2) is 18.7 Å². The van der Waals surface area contributed by atoms with Crippen molar-refractivity contribution < 1.29 is 18.4 Å². The van der Waals surface area contributed by atoms with Crippen molar-refractivity contribution in [3.05, 3.63) is 47.6 Å². The Balaban J connectivity index is 1.23. The van der Waals surface area contributed by atoms with Crippen molar-refractivity contribution in [3.63, 3.8) is 0 Å². The maximum absolute atomic E-state index is 14.3. The van der Waals surface area contributed by atoms with E-state index in [4.69, 9.17) is 11.6 Å². The molecule has 13 heteroatoms. The molecule has 0 unspecified atom stereocenters. The molecule has 1 saturated carbocycles. The molecular weight excluding hydrogens is 554 g/mol. The van der Waals surface area contributed by atoms with Crippen LogP contribution in [0.3, 0.4) is 0 Å². The number of likely N-dealkylation sites (N-methyl/N-ethyl adjacent to an activating group) is 1. The van der Waals surface area contributed by atoms with Gasteiger partial charge in [0.05, 0.1) is 23.3 Å². The molecule has 2 aliphatic rings. The fourth-order valence-corrected chi connectivity index (χ4v) is 5.60. The Kier molecular flexibility index (Phi) is 8.50. The summed E-state index contributed by atoms with van der Waals surface area (Å²) >= 11 is 6.43. The number of benzene rings is 1. The number of aromatic nitrogens is 4. The van der Waals surface area contributed by atoms with Gasteiger partial charge in [0.2, 0.25) is 17.8 Å². The van der Waals surface area contributed by atoms with E-state index in [0.717, 1.165) is 28.6 Å². The lowest BCUT2D eigenvalue weighted by atomic mass is 9.90. The summed E-state index contributed by atoms with van der Waals surface area (Å²) in [6, 6.07) is 6.15. The predicted molar refractivity (Wildman–Crippen MR) is 153 cm³/mol. The van der Waals surface area contributed by atoms with Gasteiger partial charge in [-0.1, -0.05) is 35.9 Å². The van der Waals surface area contributed by atoms with E-state index in [1.165, 1.54) is 12.3 Å². The van der Waals surface area contributed by atoms with E-state index < -0.39 is 36.7 Å². The molecule has 2 amide bonds. The van der Waals surface area contributed by atoms with Gasteiger partial charge >= 0.3 is 0 Å². The van der Waals surface area contributed by atoms with Crippen molar-refractivity contribution in [3.8, 4) is 11.4 Å². The van der Waals surface area contributed by atoms with Gasteiger partial charge in [0.25, 0.3) is 5.92 Å². The number of para-hydroxylation sites is 1. The van der Waals surface area contributed by atoms with E-state index in [9.17, 15) is 18.4 Å². The SMILES string of the molecule is CN(C)C/C=C/C(=O)N1CC(F)(F)C[C@H]1C(=O)N[C@H]1CCC[C@@H](Nc2ncc(Cl)c(-c3n[nH]c4ccccc34)n2)C1. The molecule has 3 aromatic rings. The largest absolute Gasteiger partial charge is 0.351 e. The number of carbonyl (C=O) groups is 2. The first-order valence-corrected chi connectivity index (χ1v) is 14.0. The molecule has 2 fully saturated rings. The minimum Gasteiger partial charge on any atom is -0.351 e. The summed E-state index contributed by atoms with van der Waals surface area (Å²) in [5, 5.41) is 14.9. The van der Waals surface area contributed by atoms with Crippen LogP contribution in [0.5, 0.6) is 0 Å². The Bertz CT molecular complexity index is 1450. The van der Waals surface area contributed by atoms with Gasteiger partial charge in [-0.2, -0.15) is 5.10 Å². The first kappa shape index (κ1) is 28.9. The zero-order chi connectivity index (χ0) is 29.1. The molecule has 0 radical (unpaired) electrons. The Hall–Kier alpha value is -3.64. The van der Waals surface area contributed by atoms with Crippen LogP contribution >= 0.6 is 11.6 Å². The molecule has 10 nitrogen and oxygen atoms in total. The molecule has 41 heavy (non-hydrogen) atoms. The molecular formula is C28H33ClF2N8O2. The van der Waals surface area contributed by atoms with E-state index in [0.29, 0.717) is 41.7 Å². The maximum atomic E-state index is 14.3. The second kappa shape index (κ2) is 12.1. The molecule has 218 valence electrons. The molecule has 0 bridgehead atoms. The summed E-state index contributed by atoms with van der Waals surface area (Å²) in [5.41, 5.74) is 1.98. The first-order valence-electron chi connectivity index (χ1n) is 13.6. The number of nitrogens with zero attached hydrogens (tertiary/aromatic N) is 5. The minimum atomic E-state index is -3.12. The van der Waals surface area contributed by atoms with Crippen molar-refractivity contribution in [2.45, 2.75) is 56.2 Å². The van der Waals surface area contributed by atoms with E-state index in [-0.39, 0.29) is 12.1 Å². The molecule has 1 aliphatic heterocycles. The van der Waals surface area contributed by atoms with E-state index in [1.807, 2.05) is 43.3 Å². The molecule has 3 heterocycles. The Morgan fingerprint density at radius 1 is 1.22 bits per heavy atom. The smallest absolute Gasteiger partial charge is 0.267 e. The number of amides is 2. The van der Waals surface area contributed by atoms with Gasteiger partial charge in [-0.3, -0.25) is 14.7 Å². The van der Waals surface area contributed by atoms with Gasteiger partial charge < -0.3 is 20.4 Å². The summed E-state index contributed by atoms with van der Waals surface area (Å²) in [6.07, 6.45) is 6.58. The van der Waals surface area contributed by atoms with Crippen LogP contribution in [0.2, 0.25) is 5.02 Å². The number of halogens is 3. The summed E-state index contributed by atoms with van der Waals surface area (Å²) < 4.78 is 28.6. The second-order valence-corrected chi connectivity index (χ2v) is 11.3. The maximum Gasteiger partial charge on any atom is 0.267 e. The molecule has 5 rings (SSSR count). The number of fused-ring (bicyclic) bond motifs is 1. The highest BCUT2D eigenvalue weighted by Crippen LogP contribution is 2.33. The average molecular weight is 587 g/mol. The number of hydrogen-bond donors (Lipinski definition) is 3. The molecule has 3 N–H and O–H groups in total. The fourth-order valence-electron chi connectivity index (χ4n) is 5.42. The zero-order valence-corrected chi connectivity index (χ0v) is 23.7. The van der Waals surface area contributed by atoms with Crippen LogP contribution in [-0.4, -0.2) is 93.0 Å². The quantitative estimate of drug-likeness (QED) is 0.343. The Morgan fingerprint density at radius 2 is 2.00 bits per heavy atom. The van der Waals surface area contributed by atoms with Gasteiger partial charge in [0.1, 0.15) is 17.4 Å². The van der Waals surface area contributed by atoms with Crippen LogP contribution in [0.25, 0.3) is 22.3 Å². The third-order valence-corrected chi connectivity index (χ3v) is 7.66. The van der Waals surface area contributed by atoms with Gasteiger partial charge in [0, 0.05) is 36.5 Å². The number of nitrogens with one attached hydrogen (secondary N) is 3. The van der Waals surface area contributed by atoms with Crippen molar-refractivity contribution in [1.82, 2.24) is 35.3 Å². The van der Waals surface area contributed by atoms with Crippen LogP contribution in [-0.2, 0) is 9.59 Å². The number of likely N-dealkylation sites (tertiary alicyclic amines) is 1. The summed E-state index contributed by atoms with van der Waals surface area (Å²) in [6.45, 7) is -0.285. The highest BCUT2D eigenvalue weighted by atomic mass is 35.5. The van der Waals surface area contributed by atoms with Crippen LogP contribution in [0, 0.1) is 0 Å². The van der Waals surface area contributed by atoms with Crippen LogP contribution in [0.1, 0.15) is 32.1 Å². The molecule has 0 spiro atoms. The Labute approximate surface area is 241 Å².